The molecule has 28 heavy (non-hydrogen) atoms. The molecule has 5 nitrogen and oxygen atoms in total. The molecule has 0 radical (unpaired) electrons. The lowest BCUT2D eigenvalue weighted by Gasteiger charge is -2.11. The van der Waals surface area contributed by atoms with Gasteiger partial charge in [-0.25, -0.2) is 9.97 Å². The molecule has 0 unspecified atom stereocenters. The van der Waals surface area contributed by atoms with Gasteiger partial charge in [-0.1, -0.05) is 35.5 Å². The van der Waals surface area contributed by atoms with Gasteiger partial charge >= 0.3 is 0 Å². The lowest BCUT2D eigenvalue weighted by Crippen LogP contribution is -2.20. The highest BCUT2D eigenvalue weighted by molar-refractivity contribution is 7.99. The lowest BCUT2D eigenvalue weighted by molar-refractivity contribution is -0.118. The number of carbonyl (C=O) groups excluding carboxylic acids is 1. The van der Waals surface area contributed by atoms with E-state index in [-0.39, 0.29) is 12.5 Å². The van der Waals surface area contributed by atoms with Crippen LogP contribution in [-0.4, -0.2) is 22.5 Å². The molecule has 0 aliphatic carbocycles. The minimum Gasteiger partial charge on any atom is -0.467 e. The van der Waals surface area contributed by atoms with Gasteiger partial charge in [0.15, 0.2) is 6.61 Å². The van der Waals surface area contributed by atoms with E-state index in [1.807, 2.05) is 60.0 Å². The monoisotopic (exact) mass is 427 g/mol. The van der Waals surface area contributed by atoms with E-state index in [1.54, 1.807) is 11.8 Å². The Morgan fingerprint density at radius 1 is 1.11 bits per heavy atom. The van der Waals surface area contributed by atoms with Crippen molar-refractivity contribution >= 4 is 56.5 Å². The Hall–Kier alpha value is -2.61. The molecule has 1 amide bonds. The summed E-state index contributed by atoms with van der Waals surface area (Å²) < 4.78 is 5.60. The van der Waals surface area contributed by atoms with Crippen molar-refractivity contribution in [2.45, 2.75) is 9.79 Å². The Bertz CT molecular complexity index is 1120. The van der Waals surface area contributed by atoms with E-state index in [0.29, 0.717) is 10.9 Å². The van der Waals surface area contributed by atoms with E-state index >= 15 is 0 Å². The van der Waals surface area contributed by atoms with Crippen LogP contribution in [0.2, 0.25) is 5.02 Å². The van der Waals surface area contributed by atoms with E-state index in [2.05, 4.69) is 15.3 Å². The molecule has 4 rings (SSSR count). The highest BCUT2D eigenvalue weighted by Crippen LogP contribution is 2.34. The van der Waals surface area contributed by atoms with Crippen molar-refractivity contribution in [2.75, 3.05) is 11.9 Å². The van der Waals surface area contributed by atoms with Crippen molar-refractivity contribution in [1.82, 2.24) is 9.97 Å². The minimum atomic E-state index is -0.258. The molecule has 0 aliphatic rings. The second kappa shape index (κ2) is 8.60. The summed E-state index contributed by atoms with van der Waals surface area (Å²) in [6.07, 6.45) is 1.43. The summed E-state index contributed by atoms with van der Waals surface area (Å²) in [6.45, 7) is -0.137. The van der Waals surface area contributed by atoms with Gasteiger partial charge in [0.25, 0.3) is 5.91 Å². The maximum absolute atomic E-state index is 12.4. The fourth-order valence-electron chi connectivity index (χ4n) is 2.49. The van der Waals surface area contributed by atoms with Crippen LogP contribution in [0.3, 0.4) is 0 Å². The summed E-state index contributed by atoms with van der Waals surface area (Å²) in [4.78, 5) is 23.5. The topological polar surface area (TPSA) is 64.1 Å². The van der Waals surface area contributed by atoms with Gasteiger partial charge in [0.1, 0.15) is 11.2 Å². The van der Waals surface area contributed by atoms with Crippen LogP contribution in [-0.2, 0) is 4.79 Å². The zero-order valence-corrected chi connectivity index (χ0v) is 16.9. The lowest BCUT2D eigenvalue weighted by atomic mass is 10.3. The molecule has 4 aromatic rings. The summed E-state index contributed by atoms with van der Waals surface area (Å²) in [5, 5.41) is 6.31. The number of halogens is 1. The third kappa shape index (κ3) is 4.44. The Balaban J connectivity index is 1.43. The smallest absolute Gasteiger partial charge is 0.262 e. The number of anilines is 1. The second-order valence-corrected chi connectivity index (χ2v) is 8.15. The SMILES string of the molecule is O=C(COc1ncnc2sccc12)Nc1ccccc1Sc1ccc(Cl)cc1. The fraction of sp³-hybridized carbons (Fsp3) is 0.0500. The molecule has 0 saturated carbocycles. The number of nitrogens with zero attached hydrogens (tertiary/aromatic N) is 2. The fourth-order valence-corrected chi connectivity index (χ4v) is 4.24. The van der Waals surface area contributed by atoms with Gasteiger partial charge in [-0.15, -0.1) is 11.3 Å². The summed E-state index contributed by atoms with van der Waals surface area (Å²) in [5.74, 6) is 0.149. The highest BCUT2D eigenvalue weighted by atomic mass is 35.5. The largest absolute Gasteiger partial charge is 0.467 e. The summed E-state index contributed by atoms with van der Waals surface area (Å²) in [5.41, 5.74) is 0.722. The van der Waals surface area contributed by atoms with E-state index in [4.69, 9.17) is 16.3 Å². The van der Waals surface area contributed by atoms with Crippen LogP contribution < -0.4 is 10.1 Å². The van der Waals surface area contributed by atoms with Crippen LogP contribution in [0.4, 0.5) is 5.69 Å². The zero-order valence-electron chi connectivity index (χ0n) is 14.5. The van der Waals surface area contributed by atoms with E-state index in [9.17, 15) is 4.79 Å². The number of thiophene rings is 1. The Kier molecular flexibility index (Phi) is 5.76. The summed E-state index contributed by atoms with van der Waals surface area (Å²) >= 11 is 8.99. The Labute approximate surface area is 174 Å². The molecule has 2 heterocycles. The number of ether oxygens (including phenoxy) is 1. The molecule has 2 aromatic heterocycles. The molecular weight excluding hydrogens is 414 g/mol. The van der Waals surface area contributed by atoms with Gasteiger partial charge in [0.05, 0.1) is 11.1 Å². The first-order valence-electron chi connectivity index (χ1n) is 8.32. The van der Waals surface area contributed by atoms with Crippen LogP contribution in [0.1, 0.15) is 0 Å². The molecule has 1 N–H and O–H groups in total. The third-order valence-electron chi connectivity index (χ3n) is 3.77. The standard InChI is InChI=1S/C20H14ClN3O2S2/c21-13-5-7-14(8-6-13)28-17-4-2-1-3-16(17)24-18(25)11-26-19-15-9-10-27-20(15)23-12-22-19/h1-10,12H,11H2,(H,24,25). The van der Waals surface area contributed by atoms with Crippen LogP contribution in [0.15, 0.2) is 76.1 Å². The Morgan fingerprint density at radius 3 is 2.79 bits per heavy atom. The maximum atomic E-state index is 12.4. The van der Waals surface area contributed by atoms with Crippen LogP contribution >= 0.6 is 34.7 Å². The number of fused-ring (bicyclic) bond motifs is 1. The molecule has 0 saturated heterocycles. The second-order valence-electron chi connectivity index (χ2n) is 5.71. The Morgan fingerprint density at radius 2 is 1.93 bits per heavy atom. The number of rotatable bonds is 6. The van der Waals surface area contributed by atoms with Gasteiger partial charge in [0.2, 0.25) is 5.88 Å². The average molecular weight is 428 g/mol. The van der Waals surface area contributed by atoms with Crippen LogP contribution in [0, 0.1) is 0 Å². The normalized spacial score (nSPS) is 10.8. The van der Waals surface area contributed by atoms with Crippen molar-refractivity contribution in [3.05, 3.63) is 71.3 Å². The number of benzene rings is 2. The minimum absolute atomic E-state index is 0.137. The predicted molar refractivity (Wildman–Crippen MR) is 114 cm³/mol. The molecule has 0 fully saturated rings. The van der Waals surface area contributed by atoms with Crippen molar-refractivity contribution < 1.29 is 9.53 Å². The quantitative estimate of drug-likeness (QED) is 0.439. The molecular formula is C20H14ClN3O2S2. The molecule has 8 heteroatoms. The molecule has 0 bridgehead atoms. The summed E-state index contributed by atoms with van der Waals surface area (Å²) in [7, 11) is 0. The number of hydrogen-bond acceptors (Lipinski definition) is 6. The number of aromatic nitrogens is 2. The van der Waals surface area contributed by atoms with E-state index in [1.165, 1.54) is 17.7 Å². The van der Waals surface area contributed by atoms with Gasteiger partial charge < -0.3 is 10.1 Å². The van der Waals surface area contributed by atoms with Crippen molar-refractivity contribution in [1.29, 1.82) is 0 Å². The van der Waals surface area contributed by atoms with Crippen LogP contribution in [0.5, 0.6) is 5.88 Å². The summed E-state index contributed by atoms with van der Waals surface area (Å²) in [6, 6.07) is 17.1. The van der Waals surface area contributed by atoms with Gasteiger partial charge in [-0.05, 0) is 47.8 Å². The molecule has 0 atom stereocenters. The number of para-hydroxylation sites is 1. The first-order valence-corrected chi connectivity index (χ1v) is 10.4. The number of amides is 1. The van der Waals surface area contributed by atoms with Crippen molar-refractivity contribution in [3.8, 4) is 5.88 Å². The number of hydrogen-bond donors (Lipinski definition) is 1. The van der Waals surface area contributed by atoms with Crippen molar-refractivity contribution in [2.24, 2.45) is 0 Å². The van der Waals surface area contributed by atoms with Crippen molar-refractivity contribution in [3.63, 3.8) is 0 Å². The van der Waals surface area contributed by atoms with Gasteiger partial charge in [-0.3, -0.25) is 4.79 Å². The number of nitrogens with one attached hydrogen (secondary N) is 1. The van der Waals surface area contributed by atoms with Gasteiger partial charge in [-0.2, -0.15) is 0 Å². The van der Waals surface area contributed by atoms with E-state index < -0.39 is 0 Å². The first-order chi connectivity index (χ1) is 13.7. The van der Waals surface area contributed by atoms with Crippen LogP contribution in [0.25, 0.3) is 10.2 Å². The number of carbonyl (C=O) groups is 1. The highest BCUT2D eigenvalue weighted by Gasteiger charge is 2.11. The molecule has 140 valence electrons. The molecule has 2 aromatic carbocycles. The zero-order chi connectivity index (χ0) is 19.3. The third-order valence-corrected chi connectivity index (χ3v) is 5.92. The predicted octanol–water partition coefficient (Wildman–Crippen LogP) is 5.51. The first kappa shape index (κ1) is 18.7. The molecule has 0 aliphatic heterocycles. The molecule has 0 spiro atoms. The maximum Gasteiger partial charge on any atom is 0.262 e. The van der Waals surface area contributed by atoms with E-state index in [0.717, 1.165) is 25.7 Å². The average Bonchev–Trinajstić information content (AvgIpc) is 3.19. The van der Waals surface area contributed by atoms with Gasteiger partial charge in [0, 0.05) is 14.8 Å².